The van der Waals surface area contributed by atoms with Crippen molar-refractivity contribution in [2.24, 2.45) is 5.92 Å². The number of esters is 2. The van der Waals surface area contributed by atoms with Gasteiger partial charge in [0.1, 0.15) is 0 Å². The van der Waals surface area contributed by atoms with E-state index in [1.54, 1.807) is 0 Å². The van der Waals surface area contributed by atoms with Gasteiger partial charge in [0, 0.05) is 12.8 Å². The highest BCUT2D eigenvalue weighted by Gasteiger charge is 2.10. The number of unbranched alkanes of at least 4 members (excludes halogenated alkanes) is 9. The van der Waals surface area contributed by atoms with Crippen LogP contribution in [0.5, 0.6) is 0 Å². The molecule has 172 valence electrons. The molecule has 0 aliphatic rings. The largest absolute Gasteiger partial charge is 0.466 e. The number of rotatable bonds is 21. The first-order valence-corrected chi connectivity index (χ1v) is 12.4. The molecule has 0 fully saturated rings. The summed E-state index contributed by atoms with van der Waals surface area (Å²) < 4.78 is 10.7. The van der Waals surface area contributed by atoms with Crippen LogP contribution in [0.4, 0.5) is 0 Å². The Morgan fingerprint density at radius 1 is 0.586 bits per heavy atom. The lowest BCUT2D eigenvalue weighted by atomic mass is 9.99. The summed E-state index contributed by atoms with van der Waals surface area (Å²) in [5, 5.41) is 0. The van der Waals surface area contributed by atoms with Crippen LogP contribution in [0.25, 0.3) is 0 Å². The summed E-state index contributed by atoms with van der Waals surface area (Å²) in [6.07, 6.45) is 17.8. The van der Waals surface area contributed by atoms with Crippen LogP contribution < -0.4 is 0 Å². The van der Waals surface area contributed by atoms with Gasteiger partial charge in [-0.25, -0.2) is 0 Å². The van der Waals surface area contributed by atoms with E-state index >= 15 is 0 Å². The predicted octanol–water partition coefficient (Wildman–Crippen LogP) is 7.38. The molecule has 0 saturated heterocycles. The molecule has 0 atom stereocenters. The van der Waals surface area contributed by atoms with Crippen molar-refractivity contribution in [3.05, 3.63) is 0 Å². The zero-order valence-corrected chi connectivity index (χ0v) is 19.6. The van der Waals surface area contributed by atoms with E-state index in [-0.39, 0.29) is 11.9 Å². The molecule has 0 aromatic carbocycles. The predicted molar refractivity (Wildman–Crippen MR) is 121 cm³/mol. The van der Waals surface area contributed by atoms with Crippen LogP contribution in [-0.4, -0.2) is 25.2 Å². The van der Waals surface area contributed by atoms with E-state index in [9.17, 15) is 9.59 Å². The average Bonchev–Trinajstić information content (AvgIpc) is 2.71. The lowest BCUT2D eigenvalue weighted by molar-refractivity contribution is -0.145. The summed E-state index contributed by atoms with van der Waals surface area (Å²) in [4.78, 5) is 23.5. The number of ether oxygens (including phenoxy) is 2. The maximum atomic E-state index is 11.9. The highest BCUT2D eigenvalue weighted by atomic mass is 16.5. The van der Waals surface area contributed by atoms with E-state index in [0.29, 0.717) is 32.0 Å². The minimum atomic E-state index is -0.0484. The van der Waals surface area contributed by atoms with E-state index in [2.05, 4.69) is 20.8 Å². The first kappa shape index (κ1) is 27.9. The molecule has 0 unspecified atom stereocenters. The summed E-state index contributed by atoms with van der Waals surface area (Å²) in [6, 6.07) is 0. The van der Waals surface area contributed by atoms with Gasteiger partial charge in [0.25, 0.3) is 0 Å². The minimum Gasteiger partial charge on any atom is -0.466 e. The van der Waals surface area contributed by atoms with Gasteiger partial charge in [-0.15, -0.1) is 0 Å². The molecule has 0 heterocycles. The van der Waals surface area contributed by atoms with Crippen LogP contribution in [-0.2, 0) is 19.1 Å². The SMILES string of the molecule is CCCCCCCOC(=O)CCCCCCCCC(=O)OCC(CCC)CCC. The fourth-order valence-corrected chi connectivity index (χ4v) is 3.62. The second-order valence-corrected chi connectivity index (χ2v) is 8.38. The van der Waals surface area contributed by atoms with E-state index in [1.807, 2.05) is 0 Å². The van der Waals surface area contributed by atoms with Gasteiger partial charge >= 0.3 is 11.9 Å². The molecule has 0 saturated carbocycles. The number of hydrogen-bond acceptors (Lipinski definition) is 4. The van der Waals surface area contributed by atoms with Crippen molar-refractivity contribution in [1.82, 2.24) is 0 Å². The van der Waals surface area contributed by atoms with Crippen molar-refractivity contribution < 1.29 is 19.1 Å². The Labute approximate surface area is 180 Å². The molecule has 0 spiro atoms. The molecule has 29 heavy (non-hydrogen) atoms. The smallest absolute Gasteiger partial charge is 0.305 e. The van der Waals surface area contributed by atoms with E-state index in [1.165, 1.54) is 19.3 Å². The van der Waals surface area contributed by atoms with Gasteiger partial charge < -0.3 is 9.47 Å². The number of carbonyl (C=O) groups is 2. The fourth-order valence-electron chi connectivity index (χ4n) is 3.62. The van der Waals surface area contributed by atoms with Crippen molar-refractivity contribution in [3.63, 3.8) is 0 Å². The zero-order valence-electron chi connectivity index (χ0n) is 19.6. The molecular formula is C25H48O4. The average molecular weight is 413 g/mol. The highest BCUT2D eigenvalue weighted by Crippen LogP contribution is 2.15. The first-order chi connectivity index (χ1) is 14.1. The monoisotopic (exact) mass is 412 g/mol. The summed E-state index contributed by atoms with van der Waals surface area (Å²) >= 11 is 0. The third-order valence-electron chi connectivity index (χ3n) is 5.40. The Hall–Kier alpha value is -1.06. The highest BCUT2D eigenvalue weighted by molar-refractivity contribution is 5.69. The summed E-state index contributed by atoms with van der Waals surface area (Å²) in [5.74, 6) is 0.439. The first-order valence-electron chi connectivity index (χ1n) is 12.4. The summed E-state index contributed by atoms with van der Waals surface area (Å²) in [7, 11) is 0. The van der Waals surface area contributed by atoms with Crippen molar-refractivity contribution >= 4 is 11.9 Å². The minimum absolute atomic E-state index is 0.0420. The van der Waals surface area contributed by atoms with E-state index in [4.69, 9.17) is 9.47 Å². The quantitative estimate of drug-likeness (QED) is 0.146. The Bertz CT molecular complexity index is 375. The fraction of sp³-hybridized carbons (Fsp3) is 0.920. The van der Waals surface area contributed by atoms with Crippen LogP contribution in [0, 0.1) is 5.92 Å². The maximum absolute atomic E-state index is 11.9. The van der Waals surface area contributed by atoms with Gasteiger partial charge in [0.2, 0.25) is 0 Å². The van der Waals surface area contributed by atoms with Crippen molar-refractivity contribution in [2.75, 3.05) is 13.2 Å². The molecule has 0 aromatic heterocycles. The molecule has 4 heteroatoms. The second-order valence-electron chi connectivity index (χ2n) is 8.38. The van der Waals surface area contributed by atoms with Gasteiger partial charge in [-0.1, -0.05) is 85.0 Å². The molecule has 0 aliphatic heterocycles. The Morgan fingerprint density at radius 2 is 1.07 bits per heavy atom. The lowest BCUT2D eigenvalue weighted by Gasteiger charge is -2.15. The third kappa shape index (κ3) is 20.0. The van der Waals surface area contributed by atoms with Crippen LogP contribution in [0.3, 0.4) is 0 Å². The van der Waals surface area contributed by atoms with Crippen LogP contribution in [0.15, 0.2) is 0 Å². The molecule has 0 radical (unpaired) electrons. The van der Waals surface area contributed by atoms with Crippen LogP contribution in [0.1, 0.15) is 130 Å². The summed E-state index contributed by atoms with van der Waals surface area (Å²) in [6.45, 7) is 7.74. The van der Waals surface area contributed by atoms with Crippen molar-refractivity contribution in [2.45, 2.75) is 130 Å². The van der Waals surface area contributed by atoms with Crippen molar-refractivity contribution in [1.29, 1.82) is 0 Å². The van der Waals surface area contributed by atoms with Gasteiger partial charge in [-0.3, -0.25) is 9.59 Å². The summed E-state index contributed by atoms with van der Waals surface area (Å²) in [5.41, 5.74) is 0. The van der Waals surface area contributed by atoms with Crippen LogP contribution in [0.2, 0.25) is 0 Å². The molecular weight excluding hydrogens is 364 g/mol. The molecule has 0 aliphatic carbocycles. The van der Waals surface area contributed by atoms with Crippen molar-refractivity contribution in [3.8, 4) is 0 Å². The third-order valence-corrected chi connectivity index (χ3v) is 5.40. The van der Waals surface area contributed by atoms with Crippen LogP contribution >= 0.6 is 0 Å². The normalized spacial score (nSPS) is 11.0. The topological polar surface area (TPSA) is 52.6 Å². The van der Waals surface area contributed by atoms with E-state index < -0.39 is 0 Å². The molecule has 0 rings (SSSR count). The van der Waals surface area contributed by atoms with Gasteiger partial charge in [-0.2, -0.15) is 0 Å². The Kier molecular flexibility index (Phi) is 20.9. The molecule has 0 aromatic rings. The Morgan fingerprint density at radius 3 is 1.62 bits per heavy atom. The molecule has 0 bridgehead atoms. The van der Waals surface area contributed by atoms with Gasteiger partial charge in [0.05, 0.1) is 13.2 Å². The van der Waals surface area contributed by atoms with Gasteiger partial charge in [0.15, 0.2) is 0 Å². The Balaban J connectivity index is 3.43. The molecule has 4 nitrogen and oxygen atoms in total. The number of hydrogen-bond donors (Lipinski definition) is 0. The van der Waals surface area contributed by atoms with Gasteiger partial charge in [-0.05, 0) is 38.0 Å². The molecule has 0 amide bonds. The number of carbonyl (C=O) groups excluding carboxylic acids is 2. The van der Waals surface area contributed by atoms with E-state index in [0.717, 1.165) is 77.0 Å². The zero-order chi connectivity index (χ0) is 21.6. The maximum Gasteiger partial charge on any atom is 0.305 e. The molecule has 0 N–H and O–H groups in total. The second kappa shape index (κ2) is 21.6. The lowest BCUT2D eigenvalue weighted by Crippen LogP contribution is -2.14. The standard InChI is InChI=1S/C25H48O4/c1-4-7-8-13-16-21-28-24(26)19-14-11-9-10-12-15-20-25(27)29-22-23(17-5-2)18-6-3/h23H,4-22H2,1-3H3.